The molecule has 0 spiro atoms. The summed E-state index contributed by atoms with van der Waals surface area (Å²) in [6.45, 7) is 9.09. The van der Waals surface area contributed by atoms with Crippen molar-refractivity contribution >= 4 is 0 Å². The molecule has 0 saturated heterocycles. The molecule has 0 saturated carbocycles. The molecule has 0 aliphatic heterocycles. The van der Waals surface area contributed by atoms with Gasteiger partial charge in [-0.2, -0.15) is 0 Å². The summed E-state index contributed by atoms with van der Waals surface area (Å²) < 4.78 is 0. The molecular weight excluding hydrogens is 364 g/mol. The van der Waals surface area contributed by atoms with Gasteiger partial charge >= 0.3 is 0 Å². The number of benzene rings is 2. The number of phenolic OH excluding ortho intramolecular Hbond substituents is 1. The Hall–Kier alpha value is -1.76. The Bertz CT molecular complexity index is 731. The van der Waals surface area contributed by atoms with Crippen LogP contribution in [-0.4, -0.2) is 5.11 Å². The van der Waals surface area contributed by atoms with Gasteiger partial charge in [-0.05, 0) is 36.0 Å². The van der Waals surface area contributed by atoms with Crippen molar-refractivity contribution in [2.24, 2.45) is 0 Å². The van der Waals surface area contributed by atoms with Gasteiger partial charge < -0.3 is 5.11 Å². The van der Waals surface area contributed by atoms with E-state index in [1.54, 1.807) is 6.07 Å². The summed E-state index contributed by atoms with van der Waals surface area (Å²) >= 11 is 0. The second-order valence-electron chi connectivity index (χ2n) is 9.45. The fourth-order valence-corrected chi connectivity index (χ4v) is 4.85. The number of unbranched alkanes of at least 4 members (excludes halogenated alkanes) is 8. The minimum Gasteiger partial charge on any atom is -0.508 e. The highest BCUT2D eigenvalue weighted by atomic mass is 16.3. The van der Waals surface area contributed by atoms with Crippen molar-refractivity contribution in [1.29, 1.82) is 0 Å². The molecule has 0 aliphatic rings. The van der Waals surface area contributed by atoms with Crippen LogP contribution in [0.1, 0.15) is 121 Å². The monoisotopic (exact) mass is 408 g/mol. The van der Waals surface area contributed by atoms with E-state index in [4.69, 9.17) is 0 Å². The van der Waals surface area contributed by atoms with Crippen molar-refractivity contribution in [1.82, 2.24) is 0 Å². The van der Waals surface area contributed by atoms with Gasteiger partial charge in [0, 0.05) is 11.0 Å². The van der Waals surface area contributed by atoms with Crippen LogP contribution in [0, 0.1) is 0 Å². The second-order valence-corrected chi connectivity index (χ2v) is 9.45. The molecule has 0 aliphatic carbocycles. The Morgan fingerprint density at radius 2 is 1.23 bits per heavy atom. The Labute approximate surface area is 185 Å². The van der Waals surface area contributed by atoms with Crippen LogP contribution in [0.15, 0.2) is 48.5 Å². The molecule has 2 rings (SSSR count). The average Bonchev–Trinajstić information content (AvgIpc) is 2.75. The van der Waals surface area contributed by atoms with E-state index in [0.717, 1.165) is 5.56 Å². The number of hydrogen-bond acceptors (Lipinski definition) is 1. The van der Waals surface area contributed by atoms with Gasteiger partial charge in [-0.25, -0.2) is 0 Å². The maximum Gasteiger partial charge on any atom is 0.119 e. The summed E-state index contributed by atoms with van der Waals surface area (Å²) in [4.78, 5) is 0. The highest BCUT2D eigenvalue weighted by molar-refractivity contribution is 5.48. The van der Waals surface area contributed by atoms with Crippen LogP contribution in [-0.2, 0) is 5.41 Å². The summed E-state index contributed by atoms with van der Waals surface area (Å²) in [5, 5.41) is 10.5. The SMILES string of the molecule is CCCCCCCCCCCC(CC)c1ccccc1C(C)(C)c1ccccc1O. The molecule has 0 amide bonds. The first kappa shape index (κ1) is 24.5. The van der Waals surface area contributed by atoms with Gasteiger partial charge in [-0.3, -0.25) is 0 Å². The zero-order chi connectivity index (χ0) is 21.8. The van der Waals surface area contributed by atoms with Crippen LogP contribution in [0.5, 0.6) is 5.75 Å². The molecular formula is C29H44O. The highest BCUT2D eigenvalue weighted by Crippen LogP contribution is 2.41. The van der Waals surface area contributed by atoms with Crippen molar-refractivity contribution in [2.45, 2.75) is 110 Å². The molecule has 1 heteroatoms. The number of aromatic hydroxyl groups is 1. The van der Waals surface area contributed by atoms with Gasteiger partial charge in [0.25, 0.3) is 0 Å². The van der Waals surface area contributed by atoms with Gasteiger partial charge in [0.1, 0.15) is 5.75 Å². The smallest absolute Gasteiger partial charge is 0.119 e. The quantitative estimate of drug-likeness (QED) is 0.309. The van der Waals surface area contributed by atoms with E-state index >= 15 is 0 Å². The number of hydrogen-bond donors (Lipinski definition) is 1. The van der Waals surface area contributed by atoms with E-state index in [1.807, 2.05) is 12.1 Å². The minimum absolute atomic E-state index is 0.214. The van der Waals surface area contributed by atoms with Crippen molar-refractivity contribution in [3.63, 3.8) is 0 Å². The van der Waals surface area contributed by atoms with E-state index in [9.17, 15) is 5.11 Å². The molecule has 2 aromatic carbocycles. The van der Waals surface area contributed by atoms with Crippen molar-refractivity contribution < 1.29 is 5.11 Å². The molecule has 1 N–H and O–H groups in total. The summed E-state index contributed by atoms with van der Waals surface area (Å²) in [6, 6.07) is 16.7. The second kappa shape index (κ2) is 12.8. The van der Waals surface area contributed by atoms with Gasteiger partial charge in [0.05, 0.1) is 0 Å². The maximum absolute atomic E-state index is 10.5. The summed E-state index contributed by atoms with van der Waals surface area (Å²) in [6.07, 6.45) is 14.9. The molecule has 0 fully saturated rings. The third-order valence-corrected chi connectivity index (χ3v) is 6.80. The van der Waals surface area contributed by atoms with Gasteiger partial charge in [0.2, 0.25) is 0 Å². The lowest BCUT2D eigenvalue weighted by atomic mass is 9.72. The summed E-state index contributed by atoms with van der Waals surface area (Å²) in [7, 11) is 0. The molecule has 2 aromatic rings. The first-order chi connectivity index (χ1) is 14.5. The van der Waals surface area contributed by atoms with E-state index in [2.05, 4.69) is 58.0 Å². The zero-order valence-electron chi connectivity index (χ0n) is 19.9. The van der Waals surface area contributed by atoms with Crippen LogP contribution in [0.2, 0.25) is 0 Å². The molecule has 1 atom stereocenters. The lowest BCUT2D eigenvalue weighted by molar-refractivity contribution is 0.451. The van der Waals surface area contributed by atoms with E-state index < -0.39 is 0 Å². The molecule has 166 valence electrons. The summed E-state index contributed by atoms with van der Waals surface area (Å²) in [5.74, 6) is 0.986. The van der Waals surface area contributed by atoms with Crippen molar-refractivity contribution in [2.75, 3.05) is 0 Å². The molecule has 0 radical (unpaired) electrons. The minimum atomic E-state index is -0.214. The number of phenols is 1. The van der Waals surface area contributed by atoms with Gasteiger partial charge in [0.15, 0.2) is 0 Å². The van der Waals surface area contributed by atoms with Crippen LogP contribution >= 0.6 is 0 Å². The van der Waals surface area contributed by atoms with Gasteiger partial charge in [-0.15, -0.1) is 0 Å². The van der Waals surface area contributed by atoms with E-state index in [0.29, 0.717) is 11.7 Å². The van der Waals surface area contributed by atoms with Crippen molar-refractivity contribution in [3.05, 3.63) is 65.2 Å². The topological polar surface area (TPSA) is 20.2 Å². The van der Waals surface area contributed by atoms with Crippen LogP contribution in [0.4, 0.5) is 0 Å². The largest absolute Gasteiger partial charge is 0.508 e. The first-order valence-electron chi connectivity index (χ1n) is 12.4. The zero-order valence-corrected chi connectivity index (χ0v) is 19.9. The Kier molecular flexibility index (Phi) is 10.5. The summed E-state index contributed by atoms with van der Waals surface area (Å²) in [5.41, 5.74) is 3.62. The molecule has 1 unspecified atom stereocenters. The van der Waals surface area contributed by atoms with Crippen molar-refractivity contribution in [3.8, 4) is 5.75 Å². The Morgan fingerprint density at radius 3 is 1.83 bits per heavy atom. The third-order valence-electron chi connectivity index (χ3n) is 6.80. The fourth-order valence-electron chi connectivity index (χ4n) is 4.85. The average molecular weight is 409 g/mol. The maximum atomic E-state index is 10.5. The first-order valence-corrected chi connectivity index (χ1v) is 12.4. The predicted molar refractivity (Wildman–Crippen MR) is 132 cm³/mol. The highest BCUT2D eigenvalue weighted by Gasteiger charge is 2.29. The predicted octanol–water partition coefficient (Wildman–Crippen LogP) is 9.13. The fraction of sp³-hybridized carbons (Fsp3) is 0.586. The molecule has 0 heterocycles. The Balaban J connectivity index is 1.98. The van der Waals surface area contributed by atoms with Gasteiger partial charge in [-0.1, -0.05) is 128 Å². The normalized spacial score (nSPS) is 12.8. The number of para-hydroxylation sites is 1. The van der Waals surface area contributed by atoms with Crippen LogP contribution in [0.3, 0.4) is 0 Å². The Morgan fingerprint density at radius 1 is 0.700 bits per heavy atom. The standard InChI is InChI=1S/C29H44O/c1-5-7-8-9-10-11-12-13-14-19-24(6-2)25-20-15-16-21-26(25)29(3,4)27-22-17-18-23-28(27)30/h15-18,20-24,30H,5-14,19H2,1-4H3. The molecule has 0 aromatic heterocycles. The van der Waals surface area contributed by atoms with Crippen LogP contribution in [0.25, 0.3) is 0 Å². The number of rotatable bonds is 14. The van der Waals surface area contributed by atoms with E-state index in [1.165, 1.54) is 81.8 Å². The third kappa shape index (κ3) is 6.89. The molecule has 30 heavy (non-hydrogen) atoms. The molecule has 0 bridgehead atoms. The van der Waals surface area contributed by atoms with E-state index in [-0.39, 0.29) is 5.41 Å². The molecule has 1 nitrogen and oxygen atoms in total. The lowest BCUT2D eigenvalue weighted by Crippen LogP contribution is -2.22. The van der Waals surface area contributed by atoms with Crippen LogP contribution < -0.4 is 0 Å². The lowest BCUT2D eigenvalue weighted by Gasteiger charge is -2.31.